The average Bonchev–Trinajstić information content (AvgIpc) is 2.28. The minimum Gasteiger partial charge on any atom is -0.396 e. The molecule has 0 radical (unpaired) electrons. The van der Waals surface area contributed by atoms with Gasteiger partial charge in [0.1, 0.15) is 0 Å². The summed E-state index contributed by atoms with van der Waals surface area (Å²) in [6, 6.07) is 0. The van der Waals surface area contributed by atoms with Crippen molar-refractivity contribution in [2.45, 2.75) is 0 Å². The molecule has 0 aromatic rings. The first kappa shape index (κ1) is 15.5. The first-order valence-electron chi connectivity index (χ1n) is 4.83. The summed E-state index contributed by atoms with van der Waals surface area (Å²) in [7, 11) is 0. The first-order valence-corrected chi connectivity index (χ1v) is 7.14. The highest BCUT2D eigenvalue weighted by molar-refractivity contribution is 8.00. The lowest BCUT2D eigenvalue weighted by atomic mass is 9.96. The summed E-state index contributed by atoms with van der Waals surface area (Å²) >= 11 is 3.04. The lowest BCUT2D eigenvalue weighted by Gasteiger charge is -2.28. The van der Waals surface area contributed by atoms with Crippen LogP contribution in [0.2, 0.25) is 0 Å². The van der Waals surface area contributed by atoms with Gasteiger partial charge in [0, 0.05) is 28.4 Å². The Morgan fingerprint density at radius 1 is 0.733 bits per heavy atom. The van der Waals surface area contributed by atoms with Crippen LogP contribution in [-0.2, 0) is 0 Å². The van der Waals surface area contributed by atoms with Crippen LogP contribution >= 0.6 is 23.5 Å². The highest BCUT2D eigenvalue weighted by Crippen LogP contribution is 2.26. The number of hydrogen-bond acceptors (Lipinski definition) is 6. The van der Waals surface area contributed by atoms with Gasteiger partial charge in [-0.05, 0) is 0 Å². The molecule has 0 rings (SSSR count). The quantitative estimate of drug-likeness (QED) is 0.391. The Hall–Kier alpha value is 0.540. The predicted molar refractivity (Wildman–Crippen MR) is 65.4 cm³/mol. The molecule has 4 nitrogen and oxygen atoms in total. The summed E-state index contributed by atoms with van der Waals surface area (Å²) in [5.41, 5.74) is -0.500. The van der Waals surface area contributed by atoms with E-state index in [2.05, 4.69) is 0 Å². The van der Waals surface area contributed by atoms with Crippen LogP contribution in [0.5, 0.6) is 0 Å². The molecule has 92 valence electrons. The van der Waals surface area contributed by atoms with Crippen molar-refractivity contribution in [3.8, 4) is 0 Å². The van der Waals surface area contributed by atoms with E-state index in [9.17, 15) is 10.2 Å². The maximum absolute atomic E-state index is 9.26. The molecule has 0 unspecified atom stereocenters. The van der Waals surface area contributed by atoms with Gasteiger partial charge in [-0.2, -0.15) is 23.5 Å². The molecule has 0 aromatic carbocycles. The van der Waals surface area contributed by atoms with E-state index >= 15 is 0 Å². The van der Waals surface area contributed by atoms with Gasteiger partial charge >= 0.3 is 0 Å². The van der Waals surface area contributed by atoms with Crippen molar-refractivity contribution in [2.75, 3.05) is 49.4 Å². The van der Waals surface area contributed by atoms with Crippen LogP contribution in [0.3, 0.4) is 0 Å². The van der Waals surface area contributed by atoms with Crippen LogP contribution < -0.4 is 0 Å². The molecule has 0 aliphatic heterocycles. The molecule has 6 heteroatoms. The van der Waals surface area contributed by atoms with Gasteiger partial charge in [0.05, 0.1) is 26.4 Å². The SMILES string of the molecule is OCCSCC(CO)(CO)CSCCO. The highest BCUT2D eigenvalue weighted by atomic mass is 32.2. The van der Waals surface area contributed by atoms with E-state index < -0.39 is 5.41 Å². The van der Waals surface area contributed by atoms with E-state index in [1.807, 2.05) is 0 Å². The molecule has 0 spiro atoms. The zero-order valence-electron chi connectivity index (χ0n) is 8.76. The maximum Gasteiger partial charge on any atom is 0.0525 e. The first-order chi connectivity index (χ1) is 7.24. The Labute approximate surface area is 99.1 Å². The fourth-order valence-corrected chi connectivity index (χ4v) is 3.09. The highest BCUT2D eigenvalue weighted by Gasteiger charge is 2.28. The second kappa shape index (κ2) is 9.74. The van der Waals surface area contributed by atoms with Crippen LogP contribution in [0.25, 0.3) is 0 Å². The van der Waals surface area contributed by atoms with Gasteiger partial charge in [0.25, 0.3) is 0 Å². The summed E-state index contributed by atoms with van der Waals surface area (Å²) in [6.45, 7) is 0.0868. The fraction of sp³-hybridized carbons (Fsp3) is 1.00. The van der Waals surface area contributed by atoms with Crippen LogP contribution in [0.1, 0.15) is 0 Å². The summed E-state index contributed by atoms with van der Waals surface area (Å²) in [5.74, 6) is 2.48. The van der Waals surface area contributed by atoms with Gasteiger partial charge < -0.3 is 20.4 Å². The van der Waals surface area contributed by atoms with E-state index in [-0.39, 0.29) is 26.4 Å². The molecule has 0 saturated heterocycles. The summed E-state index contributed by atoms with van der Waals surface area (Å²) in [4.78, 5) is 0. The topological polar surface area (TPSA) is 80.9 Å². The zero-order chi connectivity index (χ0) is 11.6. The average molecular weight is 256 g/mol. The van der Waals surface area contributed by atoms with Crippen LogP contribution in [-0.4, -0.2) is 69.9 Å². The molecule has 4 N–H and O–H groups in total. The number of hydrogen-bond donors (Lipinski definition) is 4. The number of aliphatic hydroxyl groups is 4. The third-order valence-electron chi connectivity index (χ3n) is 1.96. The van der Waals surface area contributed by atoms with Crippen molar-refractivity contribution in [1.82, 2.24) is 0 Å². The second-order valence-corrected chi connectivity index (χ2v) is 5.58. The van der Waals surface area contributed by atoms with Gasteiger partial charge in [0.15, 0.2) is 0 Å². The predicted octanol–water partition coefficient (Wildman–Crippen LogP) is -0.592. The van der Waals surface area contributed by atoms with Gasteiger partial charge in [-0.3, -0.25) is 0 Å². The van der Waals surface area contributed by atoms with Crippen molar-refractivity contribution >= 4 is 23.5 Å². The van der Waals surface area contributed by atoms with Gasteiger partial charge in [0.2, 0.25) is 0 Å². The van der Waals surface area contributed by atoms with E-state index in [1.54, 1.807) is 0 Å². The third kappa shape index (κ3) is 6.65. The Balaban J connectivity index is 3.93. The van der Waals surface area contributed by atoms with E-state index in [4.69, 9.17) is 10.2 Å². The Kier molecular flexibility index (Phi) is 10.1. The van der Waals surface area contributed by atoms with Crippen LogP contribution in [0.4, 0.5) is 0 Å². The van der Waals surface area contributed by atoms with Crippen molar-refractivity contribution in [2.24, 2.45) is 5.41 Å². The summed E-state index contributed by atoms with van der Waals surface area (Å²) in [5, 5.41) is 35.8. The molecule has 0 heterocycles. The smallest absolute Gasteiger partial charge is 0.0525 e. The standard InChI is InChI=1S/C9H20O4S2/c10-1-3-14-7-9(5-12,6-13)8-15-4-2-11/h10-13H,1-8H2. The largest absolute Gasteiger partial charge is 0.396 e. The van der Waals surface area contributed by atoms with Gasteiger partial charge in [-0.1, -0.05) is 0 Å². The third-order valence-corrected chi connectivity index (χ3v) is 4.53. The number of aliphatic hydroxyl groups excluding tert-OH is 4. The molecule has 0 aliphatic carbocycles. The molecule has 15 heavy (non-hydrogen) atoms. The molecular formula is C9H20O4S2. The number of thioether (sulfide) groups is 2. The van der Waals surface area contributed by atoms with Crippen LogP contribution in [0.15, 0.2) is 0 Å². The fourth-order valence-electron chi connectivity index (χ4n) is 0.981. The van der Waals surface area contributed by atoms with Crippen molar-refractivity contribution in [1.29, 1.82) is 0 Å². The van der Waals surface area contributed by atoms with E-state index in [0.29, 0.717) is 23.0 Å². The minimum atomic E-state index is -0.500. The van der Waals surface area contributed by atoms with Gasteiger partial charge in [-0.25, -0.2) is 0 Å². The maximum atomic E-state index is 9.26. The molecular weight excluding hydrogens is 236 g/mol. The summed E-state index contributed by atoms with van der Waals surface area (Å²) in [6.07, 6.45) is 0. The molecule has 0 bridgehead atoms. The lowest BCUT2D eigenvalue weighted by Crippen LogP contribution is -2.35. The van der Waals surface area contributed by atoms with E-state index in [0.717, 1.165) is 0 Å². The molecule has 0 amide bonds. The zero-order valence-corrected chi connectivity index (χ0v) is 10.4. The van der Waals surface area contributed by atoms with Crippen LogP contribution in [0, 0.1) is 5.41 Å². The van der Waals surface area contributed by atoms with Crippen molar-refractivity contribution < 1.29 is 20.4 Å². The normalized spacial score (nSPS) is 12.0. The Bertz CT molecular complexity index is 130. The molecule has 0 atom stereocenters. The molecule has 0 aromatic heterocycles. The molecule has 0 fully saturated rings. The molecule has 0 aliphatic rings. The van der Waals surface area contributed by atoms with Crippen molar-refractivity contribution in [3.63, 3.8) is 0 Å². The molecule has 0 saturated carbocycles. The summed E-state index contributed by atoms with van der Waals surface area (Å²) < 4.78 is 0. The number of rotatable bonds is 10. The lowest BCUT2D eigenvalue weighted by molar-refractivity contribution is 0.0932. The van der Waals surface area contributed by atoms with E-state index in [1.165, 1.54) is 23.5 Å². The minimum absolute atomic E-state index is 0.0691. The Morgan fingerprint density at radius 2 is 1.13 bits per heavy atom. The second-order valence-electron chi connectivity index (χ2n) is 3.37. The van der Waals surface area contributed by atoms with Gasteiger partial charge in [-0.15, -0.1) is 0 Å². The monoisotopic (exact) mass is 256 g/mol. The van der Waals surface area contributed by atoms with Crippen molar-refractivity contribution in [3.05, 3.63) is 0 Å². The Morgan fingerprint density at radius 3 is 1.40 bits per heavy atom.